The highest BCUT2D eigenvalue weighted by molar-refractivity contribution is 7.53. The zero-order valence-corrected chi connectivity index (χ0v) is 11.5. The molecule has 8 nitrogen and oxygen atoms in total. The van der Waals surface area contributed by atoms with E-state index in [1.165, 1.54) is 0 Å². The number of hydrogen-bond acceptors (Lipinski definition) is 6. The van der Waals surface area contributed by atoms with Gasteiger partial charge in [-0.2, -0.15) is 0 Å². The predicted octanol–water partition coefficient (Wildman–Crippen LogP) is -0.170. The van der Waals surface area contributed by atoms with Crippen LogP contribution in [0, 0.1) is 0 Å². The molecular weight excluding hydrogens is 265 g/mol. The molecule has 0 aliphatic carbocycles. The maximum atomic E-state index is 11.7. The molecule has 0 rings (SSSR count). The summed E-state index contributed by atoms with van der Waals surface area (Å²) in [7, 11) is -4.70. The van der Waals surface area contributed by atoms with E-state index < -0.39 is 26.1 Å². The zero-order valence-electron chi connectivity index (χ0n) is 10.7. The highest BCUT2D eigenvalue weighted by atomic mass is 31.2. The van der Waals surface area contributed by atoms with Crippen LogP contribution in [0.15, 0.2) is 0 Å². The molecule has 0 bridgehead atoms. The summed E-state index contributed by atoms with van der Waals surface area (Å²) in [4.78, 5) is 29.2. The van der Waals surface area contributed by atoms with Gasteiger partial charge in [-0.1, -0.05) is 0 Å². The quantitative estimate of drug-likeness (QED) is 0.323. The lowest BCUT2D eigenvalue weighted by atomic mass is 10.1. The SMILES string of the molecule is CCON(OCC)C(CCO)(CCO)P(=O)(O)O. The molecule has 0 aromatic heterocycles. The summed E-state index contributed by atoms with van der Waals surface area (Å²) in [5.74, 6) is 0. The number of aliphatic hydroxyl groups is 2. The highest BCUT2D eigenvalue weighted by Gasteiger charge is 2.53. The maximum Gasteiger partial charge on any atom is 0.350 e. The maximum absolute atomic E-state index is 11.7. The Bertz CT molecular complexity index is 258. The molecule has 0 radical (unpaired) electrons. The lowest BCUT2D eigenvalue weighted by Crippen LogP contribution is -2.49. The first-order chi connectivity index (χ1) is 8.39. The van der Waals surface area contributed by atoms with Crippen LogP contribution in [0.3, 0.4) is 0 Å². The van der Waals surface area contributed by atoms with Crippen molar-refractivity contribution in [2.24, 2.45) is 0 Å². The molecule has 0 fully saturated rings. The Balaban J connectivity index is 5.40. The van der Waals surface area contributed by atoms with Gasteiger partial charge in [0.2, 0.25) is 0 Å². The van der Waals surface area contributed by atoms with Crippen molar-refractivity contribution in [1.29, 1.82) is 0 Å². The zero-order chi connectivity index (χ0) is 14.2. The molecule has 18 heavy (non-hydrogen) atoms. The fraction of sp³-hybridized carbons (Fsp3) is 1.00. The Morgan fingerprint density at radius 2 is 1.44 bits per heavy atom. The average Bonchev–Trinajstić information content (AvgIpc) is 2.27. The minimum atomic E-state index is -4.70. The van der Waals surface area contributed by atoms with Gasteiger partial charge in [-0.25, -0.2) is 0 Å². The topological polar surface area (TPSA) is 120 Å². The third-order valence-electron chi connectivity index (χ3n) is 2.40. The number of aliphatic hydroxyl groups excluding tert-OH is 2. The first-order valence-corrected chi connectivity index (χ1v) is 7.34. The largest absolute Gasteiger partial charge is 0.396 e. The van der Waals surface area contributed by atoms with Gasteiger partial charge in [0.05, 0.1) is 13.2 Å². The summed E-state index contributed by atoms with van der Waals surface area (Å²) in [6.45, 7) is 2.60. The molecule has 0 aliphatic heterocycles. The molecule has 0 aromatic rings. The van der Waals surface area contributed by atoms with Crippen molar-refractivity contribution in [1.82, 2.24) is 5.23 Å². The van der Waals surface area contributed by atoms with Gasteiger partial charge in [0, 0.05) is 26.1 Å². The molecular formula is C9H22NO7P. The Kier molecular flexibility index (Phi) is 8.16. The second-order valence-electron chi connectivity index (χ2n) is 3.57. The minimum absolute atomic E-state index is 0.138. The van der Waals surface area contributed by atoms with E-state index in [9.17, 15) is 14.4 Å². The molecule has 4 N–H and O–H groups in total. The molecule has 0 aliphatic rings. The van der Waals surface area contributed by atoms with Crippen LogP contribution in [0.4, 0.5) is 0 Å². The Hall–Kier alpha value is -0.0500. The Morgan fingerprint density at radius 1 is 1.06 bits per heavy atom. The standard InChI is InChI=1S/C9H22NO7P/c1-3-16-10(17-4-2)9(5-7-11,6-8-12)18(13,14)15/h11-12H,3-8H2,1-2H3,(H2,13,14,15). The summed E-state index contributed by atoms with van der Waals surface area (Å²) < 4.78 is 11.7. The van der Waals surface area contributed by atoms with Crippen molar-refractivity contribution < 1.29 is 34.2 Å². The third-order valence-corrected chi connectivity index (χ3v) is 4.09. The van der Waals surface area contributed by atoms with E-state index in [4.69, 9.17) is 19.9 Å². The van der Waals surface area contributed by atoms with Gasteiger partial charge in [-0.15, -0.1) is 0 Å². The number of hydroxylamine groups is 2. The van der Waals surface area contributed by atoms with Crippen molar-refractivity contribution in [3.63, 3.8) is 0 Å². The van der Waals surface area contributed by atoms with Crippen molar-refractivity contribution in [3.05, 3.63) is 0 Å². The molecule has 0 saturated carbocycles. The van der Waals surface area contributed by atoms with Crippen molar-refractivity contribution in [2.75, 3.05) is 26.4 Å². The Morgan fingerprint density at radius 3 is 1.67 bits per heavy atom. The van der Waals surface area contributed by atoms with Crippen LogP contribution in [0.25, 0.3) is 0 Å². The van der Waals surface area contributed by atoms with E-state index in [1.807, 2.05) is 0 Å². The smallest absolute Gasteiger partial charge is 0.350 e. The van der Waals surface area contributed by atoms with Crippen molar-refractivity contribution in [3.8, 4) is 0 Å². The van der Waals surface area contributed by atoms with Crippen LogP contribution in [0.1, 0.15) is 26.7 Å². The van der Waals surface area contributed by atoms with Gasteiger partial charge in [0.15, 0.2) is 5.28 Å². The normalized spacial score (nSPS) is 13.3. The van der Waals surface area contributed by atoms with Gasteiger partial charge in [-0.3, -0.25) is 14.2 Å². The summed E-state index contributed by atoms with van der Waals surface area (Å²) >= 11 is 0. The molecule has 0 unspecified atom stereocenters. The number of nitrogens with zero attached hydrogens (tertiary/aromatic N) is 1. The fourth-order valence-corrected chi connectivity index (χ4v) is 2.69. The summed E-state index contributed by atoms with van der Waals surface area (Å²) in [5.41, 5.74) is 0. The van der Waals surface area contributed by atoms with Crippen molar-refractivity contribution in [2.45, 2.75) is 32.0 Å². The lowest BCUT2D eigenvalue weighted by molar-refractivity contribution is -0.399. The van der Waals surface area contributed by atoms with E-state index in [2.05, 4.69) is 0 Å². The average molecular weight is 287 g/mol. The predicted molar refractivity (Wildman–Crippen MR) is 63.3 cm³/mol. The molecule has 0 heterocycles. The van der Waals surface area contributed by atoms with E-state index in [0.717, 1.165) is 5.23 Å². The minimum Gasteiger partial charge on any atom is -0.396 e. The second-order valence-corrected chi connectivity index (χ2v) is 5.49. The first kappa shape index (κ1) is 17.9. The van der Waals surface area contributed by atoms with E-state index >= 15 is 0 Å². The molecule has 110 valence electrons. The van der Waals surface area contributed by atoms with Crippen LogP contribution >= 0.6 is 7.60 Å². The third kappa shape index (κ3) is 4.25. The summed E-state index contributed by atoms with van der Waals surface area (Å²) in [5, 5.41) is 16.9. The van der Waals surface area contributed by atoms with Gasteiger partial charge >= 0.3 is 7.60 Å². The summed E-state index contributed by atoms with van der Waals surface area (Å²) in [6.07, 6.45) is -0.560. The van der Waals surface area contributed by atoms with Gasteiger partial charge in [0.1, 0.15) is 0 Å². The molecule has 9 heteroatoms. The highest BCUT2D eigenvalue weighted by Crippen LogP contribution is 2.56. The van der Waals surface area contributed by atoms with E-state index in [1.54, 1.807) is 13.8 Å². The van der Waals surface area contributed by atoms with Gasteiger partial charge < -0.3 is 20.0 Å². The lowest BCUT2D eigenvalue weighted by Gasteiger charge is -2.40. The number of hydrogen-bond donors (Lipinski definition) is 4. The molecule has 0 saturated heterocycles. The van der Waals surface area contributed by atoms with Gasteiger partial charge in [0.25, 0.3) is 0 Å². The molecule has 0 aromatic carbocycles. The monoisotopic (exact) mass is 287 g/mol. The van der Waals surface area contributed by atoms with Crippen LogP contribution in [-0.2, 0) is 14.2 Å². The van der Waals surface area contributed by atoms with Crippen LogP contribution < -0.4 is 0 Å². The Labute approximate surface area is 106 Å². The van der Waals surface area contributed by atoms with E-state index in [-0.39, 0.29) is 26.1 Å². The van der Waals surface area contributed by atoms with Crippen LogP contribution in [0.2, 0.25) is 0 Å². The molecule has 0 spiro atoms. The van der Waals surface area contributed by atoms with Crippen LogP contribution in [-0.4, -0.2) is 56.9 Å². The fourth-order valence-electron chi connectivity index (χ4n) is 1.58. The summed E-state index contributed by atoms with van der Waals surface area (Å²) in [6, 6.07) is 0. The van der Waals surface area contributed by atoms with Gasteiger partial charge in [-0.05, 0) is 19.1 Å². The first-order valence-electron chi connectivity index (χ1n) is 5.73. The molecule has 0 amide bonds. The second kappa shape index (κ2) is 8.19. The van der Waals surface area contributed by atoms with Crippen molar-refractivity contribution >= 4 is 7.60 Å². The van der Waals surface area contributed by atoms with Crippen LogP contribution in [0.5, 0.6) is 0 Å². The van der Waals surface area contributed by atoms with E-state index in [0.29, 0.717) is 0 Å². The molecule has 0 atom stereocenters. The number of rotatable bonds is 10.